The number of nitrogens with one attached hydrogen (secondary N) is 1. The minimum absolute atomic E-state index is 0.168. The Morgan fingerprint density at radius 1 is 1.50 bits per heavy atom. The van der Waals surface area contributed by atoms with Gasteiger partial charge in [-0.3, -0.25) is 9.48 Å². The second-order valence-corrected chi connectivity index (χ2v) is 3.94. The van der Waals surface area contributed by atoms with Crippen molar-refractivity contribution in [1.82, 2.24) is 15.1 Å². The average Bonchev–Trinajstić information content (AvgIpc) is 2.59. The van der Waals surface area contributed by atoms with E-state index in [0.29, 0.717) is 5.56 Å². The van der Waals surface area contributed by atoms with Crippen molar-refractivity contribution in [1.29, 1.82) is 0 Å². The van der Waals surface area contributed by atoms with Gasteiger partial charge < -0.3 is 10.4 Å². The third-order valence-corrected chi connectivity index (χ3v) is 2.19. The van der Waals surface area contributed by atoms with Crippen LogP contribution in [0, 0.1) is 5.92 Å². The Hall–Kier alpha value is -1.85. The van der Waals surface area contributed by atoms with Crippen LogP contribution < -0.4 is 5.32 Å². The molecule has 88 valence electrons. The van der Waals surface area contributed by atoms with E-state index >= 15 is 0 Å². The molecule has 0 fully saturated rings. The molecule has 1 rings (SSSR count). The largest absolute Gasteiger partial charge is 0.480 e. The fourth-order valence-corrected chi connectivity index (χ4v) is 1.28. The van der Waals surface area contributed by atoms with Crippen molar-refractivity contribution in [3.05, 3.63) is 18.0 Å². The molecule has 0 aliphatic rings. The molecule has 1 atom stereocenters. The number of nitrogens with zero attached hydrogens (tertiary/aromatic N) is 2. The summed E-state index contributed by atoms with van der Waals surface area (Å²) >= 11 is 0. The first kappa shape index (κ1) is 12.2. The lowest BCUT2D eigenvalue weighted by Gasteiger charge is -2.17. The van der Waals surface area contributed by atoms with Gasteiger partial charge in [-0.15, -0.1) is 0 Å². The number of carboxylic acids is 1. The van der Waals surface area contributed by atoms with E-state index in [4.69, 9.17) is 5.11 Å². The average molecular weight is 225 g/mol. The first-order chi connectivity index (χ1) is 7.41. The predicted octanol–water partition coefficient (Wildman–Crippen LogP) is 0.259. The third-order valence-electron chi connectivity index (χ3n) is 2.19. The molecule has 1 heterocycles. The van der Waals surface area contributed by atoms with Gasteiger partial charge in [0.15, 0.2) is 0 Å². The number of aryl methyl sites for hydroxylation is 1. The van der Waals surface area contributed by atoms with Crippen LogP contribution in [0.25, 0.3) is 0 Å². The Labute approximate surface area is 93.3 Å². The highest BCUT2D eigenvalue weighted by Gasteiger charge is 2.24. The van der Waals surface area contributed by atoms with Gasteiger partial charge in [0.2, 0.25) is 0 Å². The number of carbonyl (C=O) groups is 2. The third kappa shape index (κ3) is 2.82. The maximum Gasteiger partial charge on any atom is 0.326 e. The number of carbonyl (C=O) groups excluding carboxylic acids is 1. The molecule has 0 saturated heterocycles. The van der Waals surface area contributed by atoms with E-state index in [1.54, 1.807) is 20.9 Å². The molecule has 0 aliphatic carbocycles. The highest BCUT2D eigenvalue weighted by atomic mass is 16.4. The first-order valence-corrected chi connectivity index (χ1v) is 4.94. The summed E-state index contributed by atoms with van der Waals surface area (Å²) in [7, 11) is 1.69. The number of amides is 1. The molecule has 0 radical (unpaired) electrons. The minimum Gasteiger partial charge on any atom is -0.480 e. The SMILES string of the molecule is CC(C)[C@H](NC(=O)c1cnn(C)c1)C(=O)O. The smallest absolute Gasteiger partial charge is 0.326 e. The van der Waals surface area contributed by atoms with E-state index in [-0.39, 0.29) is 5.92 Å². The summed E-state index contributed by atoms with van der Waals surface area (Å²) in [6.07, 6.45) is 2.93. The van der Waals surface area contributed by atoms with Crippen molar-refractivity contribution in [3.8, 4) is 0 Å². The van der Waals surface area contributed by atoms with Crippen molar-refractivity contribution in [3.63, 3.8) is 0 Å². The summed E-state index contributed by atoms with van der Waals surface area (Å²) in [5, 5.41) is 15.2. The zero-order chi connectivity index (χ0) is 12.3. The van der Waals surface area contributed by atoms with Crippen LogP contribution in [0.4, 0.5) is 0 Å². The fraction of sp³-hybridized carbons (Fsp3) is 0.500. The summed E-state index contributed by atoms with van der Waals surface area (Å²) in [6, 6.07) is -0.882. The van der Waals surface area contributed by atoms with Gasteiger partial charge in [0.25, 0.3) is 5.91 Å². The van der Waals surface area contributed by atoms with Crippen LogP contribution in [0.5, 0.6) is 0 Å². The summed E-state index contributed by atoms with van der Waals surface area (Å²) in [4.78, 5) is 22.5. The Morgan fingerprint density at radius 3 is 2.50 bits per heavy atom. The molecular weight excluding hydrogens is 210 g/mol. The van der Waals surface area contributed by atoms with Crippen LogP contribution in [0.3, 0.4) is 0 Å². The number of hydrogen-bond acceptors (Lipinski definition) is 3. The first-order valence-electron chi connectivity index (χ1n) is 4.94. The van der Waals surface area contributed by atoms with Gasteiger partial charge in [-0.2, -0.15) is 5.10 Å². The second-order valence-electron chi connectivity index (χ2n) is 3.94. The van der Waals surface area contributed by atoms with Gasteiger partial charge in [-0.1, -0.05) is 13.8 Å². The zero-order valence-corrected chi connectivity index (χ0v) is 9.47. The van der Waals surface area contributed by atoms with Crippen molar-refractivity contribution in [2.75, 3.05) is 0 Å². The van der Waals surface area contributed by atoms with E-state index in [0.717, 1.165) is 0 Å². The van der Waals surface area contributed by atoms with Crippen molar-refractivity contribution >= 4 is 11.9 Å². The molecule has 1 aromatic heterocycles. The lowest BCUT2D eigenvalue weighted by atomic mass is 10.0. The quantitative estimate of drug-likeness (QED) is 0.769. The molecule has 0 aromatic carbocycles. The molecule has 16 heavy (non-hydrogen) atoms. The highest BCUT2D eigenvalue weighted by Crippen LogP contribution is 2.04. The maximum atomic E-state index is 11.6. The van der Waals surface area contributed by atoms with Gasteiger partial charge in [0.05, 0.1) is 11.8 Å². The molecule has 0 aliphatic heterocycles. The standard InChI is InChI=1S/C10H15N3O3/c1-6(2)8(10(15)16)12-9(14)7-4-11-13(3)5-7/h4-6,8H,1-3H3,(H,12,14)(H,15,16)/t8-/m0/s1. The molecule has 6 heteroatoms. The van der Waals surface area contributed by atoms with E-state index in [1.807, 2.05) is 0 Å². The summed E-state index contributed by atoms with van der Waals surface area (Å²) in [5.74, 6) is -1.63. The molecule has 1 amide bonds. The lowest BCUT2D eigenvalue weighted by molar-refractivity contribution is -0.140. The van der Waals surface area contributed by atoms with Crippen molar-refractivity contribution < 1.29 is 14.7 Å². The van der Waals surface area contributed by atoms with Gasteiger partial charge in [-0.25, -0.2) is 4.79 Å². The van der Waals surface area contributed by atoms with Gasteiger partial charge in [0.1, 0.15) is 6.04 Å². The van der Waals surface area contributed by atoms with Crippen LogP contribution in [0.15, 0.2) is 12.4 Å². The van der Waals surface area contributed by atoms with Crippen LogP contribution in [0.1, 0.15) is 24.2 Å². The fourth-order valence-electron chi connectivity index (χ4n) is 1.28. The second kappa shape index (κ2) is 4.78. The van der Waals surface area contributed by atoms with Crippen LogP contribution in [-0.2, 0) is 11.8 Å². The van der Waals surface area contributed by atoms with Gasteiger partial charge >= 0.3 is 5.97 Å². The van der Waals surface area contributed by atoms with Crippen molar-refractivity contribution in [2.45, 2.75) is 19.9 Å². The van der Waals surface area contributed by atoms with Crippen LogP contribution >= 0.6 is 0 Å². The lowest BCUT2D eigenvalue weighted by Crippen LogP contribution is -2.44. The number of carboxylic acid groups (broad SMARTS) is 1. The number of hydrogen-bond donors (Lipinski definition) is 2. The van der Waals surface area contributed by atoms with E-state index in [9.17, 15) is 9.59 Å². The molecule has 1 aromatic rings. The Balaban J connectivity index is 2.73. The topological polar surface area (TPSA) is 84.2 Å². The molecule has 0 saturated carbocycles. The van der Waals surface area contributed by atoms with E-state index in [2.05, 4.69) is 10.4 Å². The Morgan fingerprint density at radius 2 is 2.12 bits per heavy atom. The van der Waals surface area contributed by atoms with Gasteiger partial charge in [0, 0.05) is 13.2 Å². The molecule has 6 nitrogen and oxygen atoms in total. The molecule has 0 unspecified atom stereocenters. The molecule has 0 bridgehead atoms. The van der Waals surface area contributed by atoms with Crippen LogP contribution in [0.2, 0.25) is 0 Å². The van der Waals surface area contributed by atoms with E-state index in [1.165, 1.54) is 17.1 Å². The normalized spacial score (nSPS) is 12.5. The number of rotatable bonds is 4. The zero-order valence-electron chi connectivity index (χ0n) is 9.47. The summed E-state index contributed by atoms with van der Waals surface area (Å²) < 4.78 is 1.49. The summed E-state index contributed by atoms with van der Waals surface area (Å²) in [6.45, 7) is 3.48. The van der Waals surface area contributed by atoms with Gasteiger partial charge in [-0.05, 0) is 5.92 Å². The predicted molar refractivity (Wildman–Crippen MR) is 56.9 cm³/mol. The maximum absolute atomic E-state index is 11.6. The molecular formula is C10H15N3O3. The van der Waals surface area contributed by atoms with Crippen molar-refractivity contribution in [2.24, 2.45) is 13.0 Å². The number of aromatic nitrogens is 2. The van der Waals surface area contributed by atoms with E-state index < -0.39 is 17.9 Å². The summed E-state index contributed by atoms with van der Waals surface area (Å²) in [5.41, 5.74) is 0.356. The Kier molecular flexibility index (Phi) is 3.65. The Bertz CT molecular complexity index is 398. The number of aliphatic carboxylic acids is 1. The minimum atomic E-state index is -1.03. The highest BCUT2D eigenvalue weighted by molar-refractivity contribution is 5.96. The molecule has 2 N–H and O–H groups in total. The molecule has 0 spiro atoms. The monoisotopic (exact) mass is 225 g/mol. The van der Waals surface area contributed by atoms with Crippen LogP contribution in [-0.4, -0.2) is 32.8 Å².